The van der Waals surface area contributed by atoms with E-state index in [4.69, 9.17) is 0 Å². The van der Waals surface area contributed by atoms with Crippen molar-refractivity contribution in [3.63, 3.8) is 0 Å². The summed E-state index contributed by atoms with van der Waals surface area (Å²) in [6.07, 6.45) is -2.14. The molecule has 1 amide bonds. The van der Waals surface area contributed by atoms with Crippen LogP contribution in [0.4, 0.5) is 18.3 Å². The summed E-state index contributed by atoms with van der Waals surface area (Å²) >= 11 is 1.28. The van der Waals surface area contributed by atoms with Gasteiger partial charge in [0.25, 0.3) is 5.91 Å². The summed E-state index contributed by atoms with van der Waals surface area (Å²) in [4.78, 5) is 18.9. The number of carbonyl (C=O) groups excluding carboxylic acids is 1. The minimum Gasteiger partial charge on any atom is -0.298 e. The van der Waals surface area contributed by atoms with Crippen LogP contribution in [0.5, 0.6) is 0 Å². The number of likely N-dealkylation sites (tertiary alicyclic amines) is 1. The normalized spacial score (nSPS) is 16.6. The van der Waals surface area contributed by atoms with Gasteiger partial charge >= 0.3 is 6.18 Å². The number of rotatable bonds is 4. The number of halogens is 3. The lowest BCUT2D eigenvalue weighted by Crippen LogP contribution is -2.32. The van der Waals surface area contributed by atoms with E-state index >= 15 is 0 Å². The number of amides is 1. The molecule has 1 fully saturated rings. The van der Waals surface area contributed by atoms with E-state index in [0.717, 1.165) is 43.4 Å². The summed E-state index contributed by atoms with van der Waals surface area (Å²) < 4.78 is 38.3. The molecule has 1 saturated heterocycles. The van der Waals surface area contributed by atoms with Crippen LogP contribution >= 0.6 is 11.3 Å². The fraction of sp³-hybridized carbons (Fsp3) is 0.444. The highest BCUT2D eigenvalue weighted by molar-refractivity contribution is 7.13. The van der Waals surface area contributed by atoms with Gasteiger partial charge in [-0.1, -0.05) is 13.0 Å². The fourth-order valence-corrected chi connectivity index (χ4v) is 3.59. The van der Waals surface area contributed by atoms with Gasteiger partial charge in [-0.25, -0.2) is 4.98 Å². The average molecular weight is 383 g/mol. The molecule has 0 spiro atoms. The summed E-state index contributed by atoms with van der Waals surface area (Å²) in [5.74, 6) is 0.160. The molecule has 2 aromatic rings. The molecule has 26 heavy (non-hydrogen) atoms. The number of benzene rings is 1. The standard InChI is InChI=1S/C18H20F3N3OS/c1-12-5-7-24(8-6-12)10-15-11-26-17(22-15)23-16(25)13-3-2-4-14(9-13)18(19,20)21/h2-4,9,11-12H,5-8,10H2,1H3,(H,22,23,25). The average Bonchev–Trinajstić information content (AvgIpc) is 3.03. The van der Waals surface area contributed by atoms with Crippen LogP contribution in [0.25, 0.3) is 0 Å². The van der Waals surface area contributed by atoms with Gasteiger partial charge in [0.1, 0.15) is 0 Å². The topological polar surface area (TPSA) is 45.2 Å². The van der Waals surface area contributed by atoms with E-state index in [1.54, 1.807) is 0 Å². The molecular formula is C18H20F3N3OS. The molecule has 0 bridgehead atoms. The van der Waals surface area contributed by atoms with Crippen molar-refractivity contribution in [2.45, 2.75) is 32.5 Å². The van der Waals surface area contributed by atoms with Crippen LogP contribution < -0.4 is 5.32 Å². The summed E-state index contributed by atoms with van der Waals surface area (Å²) in [5, 5.41) is 4.86. The van der Waals surface area contributed by atoms with Gasteiger partial charge in [-0.05, 0) is 50.0 Å². The van der Waals surface area contributed by atoms with Gasteiger partial charge < -0.3 is 0 Å². The summed E-state index contributed by atoms with van der Waals surface area (Å²) in [6, 6.07) is 4.37. The Labute approximate surface area is 154 Å². The fourth-order valence-electron chi connectivity index (χ4n) is 2.89. The van der Waals surface area contributed by atoms with E-state index in [9.17, 15) is 18.0 Å². The number of nitrogens with one attached hydrogen (secondary N) is 1. The Hall–Kier alpha value is -1.93. The van der Waals surface area contributed by atoms with Crippen molar-refractivity contribution in [2.75, 3.05) is 18.4 Å². The lowest BCUT2D eigenvalue weighted by atomic mass is 9.99. The third-order valence-electron chi connectivity index (χ3n) is 4.49. The largest absolute Gasteiger partial charge is 0.416 e. The number of anilines is 1. The van der Waals surface area contributed by atoms with Crippen molar-refractivity contribution >= 4 is 22.4 Å². The van der Waals surface area contributed by atoms with Crippen molar-refractivity contribution in [3.8, 4) is 0 Å². The second-order valence-corrected chi connectivity index (χ2v) is 7.49. The minimum atomic E-state index is -4.48. The number of alkyl halides is 3. The number of hydrogen-bond acceptors (Lipinski definition) is 4. The first-order chi connectivity index (χ1) is 12.3. The van der Waals surface area contributed by atoms with Gasteiger partial charge in [0.05, 0.1) is 11.3 Å². The van der Waals surface area contributed by atoms with Crippen LogP contribution in [0.3, 0.4) is 0 Å². The molecule has 3 rings (SSSR count). The molecule has 1 aliphatic heterocycles. The summed E-state index contributed by atoms with van der Waals surface area (Å²) in [5.41, 5.74) is -0.0187. The maximum absolute atomic E-state index is 12.8. The number of nitrogens with zero attached hydrogens (tertiary/aromatic N) is 2. The quantitative estimate of drug-likeness (QED) is 0.836. The molecule has 1 aliphatic rings. The van der Waals surface area contributed by atoms with Crippen molar-refractivity contribution in [3.05, 3.63) is 46.5 Å². The minimum absolute atomic E-state index is 0.0402. The molecule has 1 aromatic carbocycles. The molecule has 0 unspecified atom stereocenters. The molecule has 0 atom stereocenters. The molecule has 140 valence electrons. The molecule has 8 heteroatoms. The first-order valence-corrected chi connectivity index (χ1v) is 9.34. The highest BCUT2D eigenvalue weighted by atomic mass is 32.1. The molecule has 4 nitrogen and oxygen atoms in total. The summed E-state index contributed by atoms with van der Waals surface area (Å²) in [6.45, 7) is 5.04. The number of hydrogen-bond donors (Lipinski definition) is 1. The van der Waals surface area contributed by atoms with Gasteiger partial charge in [0.2, 0.25) is 0 Å². The predicted octanol–water partition coefficient (Wildman–Crippen LogP) is 4.65. The Kier molecular flexibility index (Phi) is 5.62. The lowest BCUT2D eigenvalue weighted by Gasteiger charge is -2.29. The lowest BCUT2D eigenvalue weighted by molar-refractivity contribution is -0.137. The molecule has 0 aliphatic carbocycles. The number of aromatic nitrogens is 1. The zero-order valence-corrected chi connectivity index (χ0v) is 15.2. The molecule has 0 radical (unpaired) electrons. The second-order valence-electron chi connectivity index (χ2n) is 6.64. The molecular weight excluding hydrogens is 363 g/mol. The molecule has 1 aromatic heterocycles. The van der Waals surface area contributed by atoms with Crippen LogP contribution in [-0.2, 0) is 12.7 Å². The van der Waals surface area contributed by atoms with Crippen LogP contribution in [0.15, 0.2) is 29.6 Å². The molecule has 2 heterocycles. The predicted molar refractivity (Wildman–Crippen MR) is 95.2 cm³/mol. The zero-order chi connectivity index (χ0) is 18.7. The van der Waals surface area contributed by atoms with Gasteiger partial charge in [-0.15, -0.1) is 11.3 Å². The van der Waals surface area contributed by atoms with Gasteiger partial charge in [0, 0.05) is 17.5 Å². The Balaban J connectivity index is 1.61. The van der Waals surface area contributed by atoms with E-state index in [2.05, 4.69) is 22.1 Å². The van der Waals surface area contributed by atoms with Gasteiger partial charge in [0.15, 0.2) is 5.13 Å². The third kappa shape index (κ3) is 4.82. The van der Waals surface area contributed by atoms with Crippen molar-refractivity contribution in [1.82, 2.24) is 9.88 Å². The number of thiazole rings is 1. The highest BCUT2D eigenvalue weighted by Crippen LogP contribution is 2.30. The number of carbonyl (C=O) groups is 1. The SMILES string of the molecule is CC1CCN(Cc2csc(NC(=O)c3cccc(C(F)(F)F)c3)n2)CC1. The van der Waals surface area contributed by atoms with Crippen molar-refractivity contribution in [1.29, 1.82) is 0 Å². The first-order valence-electron chi connectivity index (χ1n) is 8.46. The molecule has 0 saturated carbocycles. The van der Waals surface area contributed by atoms with Crippen molar-refractivity contribution < 1.29 is 18.0 Å². The maximum Gasteiger partial charge on any atom is 0.416 e. The van der Waals surface area contributed by atoms with E-state index in [1.807, 2.05) is 5.38 Å². The Morgan fingerprint density at radius 1 is 1.35 bits per heavy atom. The van der Waals surface area contributed by atoms with E-state index < -0.39 is 17.6 Å². The van der Waals surface area contributed by atoms with Gasteiger partial charge in [-0.3, -0.25) is 15.0 Å². The zero-order valence-electron chi connectivity index (χ0n) is 14.3. The van der Waals surface area contributed by atoms with Crippen LogP contribution in [0, 0.1) is 5.92 Å². The van der Waals surface area contributed by atoms with E-state index in [1.165, 1.54) is 36.3 Å². The Bertz CT molecular complexity index is 767. The monoisotopic (exact) mass is 383 g/mol. The van der Waals surface area contributed by atoms with Gasteiger partial charge in [-0.2, -0.15) is 13.2 Å². The molecule has 1 N–H and O–H groups in total. The van der Waals surface area contributed by atoms with E-state index in [0.29, 0.717) is 5.13 Å². The smallest absolute Gasteiger partial charge is 0.298 e. The van der Waals surface area contributed by atoms with Crippen LogP contribution in [0.2, 0.25) is 0 Å². The van der Waals surface area contributed by atoms with E-state index in [-0.39, 0.29) is 5.56 Å². The Morgan fingerprint density at radius 2 is 2.08 bits per heavy atom. The van der Waals surface area contributed by atoms with Crippen LogP contribution in [0.1, 0.15) is 41.4 Å². The Morgan fingerprint density at radius 3 is 2.77 bits per heavy atom. The third-order valence-corrected chi connectivity index (χ3v) is 5.29. The maximum atomic E-state index is 12.8. The number of piperidine rings is 1. The highest BCUT2D eigenvalue weighted by Gasteiger charge is 2.31. The van der Waals surface area contributed by atoms with Crippen molar-refractivity contribution in [2.24, 2.45) is 5.92 Å². The summed E-state index contributed by atoms with van der Waals surface area (Å²) in [7, 11) is 0. The van der Waals surface area contributed by atoms with Crippen LogP contribution in [-0.4, -0.2) is 28.9 Å². The first kappa shape index (κ1) is 18.8. The second kappa shape index (κ2) is 7.75.